The topological polar surface area (TPSA) is 30.9 Å². The third-order valence-corrected chi connectivity index (χ3v) is 4.15. The summed E-state index contributed by atoms with van der Waals surface area (Å²) in [6.07, 6.45) is 5.10. The fourth-order valence-electron chi connectivity index (χ4n) is 3.28. The normalized spacial score (nSPS) is 17.4. The molecule has 0 saturated heterocycles. The van der Waals surface area contributed by atoms with Crippen LogP contribution < -0.4 is 5.73 Å². The van der Waals surface area contributed by atoms with E-state index < -0.39 is 0 Å². The average molecular weight is 248 g/mol. The van der Waals surface area contributed by atoms with Gasteiger partial charge in [-0.05, 0) is 69.5 Å². The summed E-state index contributed by atoms with van der Waals surface area (Å²) >= 11 is 0. The molecule has 0 aromatic carbocycles. The van der Waals surface area contributed by atoms with Crippen molar-refractivity contribution in [1.29, 1.82) is 0 Å². The van der Waals surface area contributed by atoms with E-state index >= 15 is 0 Å². The van der Waals surface area contributed by atoms with Crippen molar-refractivity contribution in [2.24, 2.45) is 11.7 Å². The molecule has 1 aromatic heterocycles. The van der Waals surface area contributed by atoms with Gasteiger partial charge >= 0.3 is 0 Å². The molecule has 1 saturated carbocycles. The highest BCUT2D eigenvalue weighted by molar-refractivity contribution is 5.31. The van der Waals surface area contributed by atoms with E-state index in [9.17, 15) is 0 Å². The maximum absolute atomic E-state index is 5.80. The van der Waals surface area contributed by atoms with Crippen LogP contribution in [-0.2, 0) is 0 Å². The number of rotatable bonds is 6. The standard InChI is InChI=1S/C16H28N2/c1-11(2)9-14(7-8-17)16-10-12(3)18(13(16)4)15-5-6-15/h10-11,14-15H,5-9,17H2,1-4H3. The van der Waals surface area contributed by atoms with Gasteiger partial charge in [0.15, 0.2) is 0 Å². The van der Waals surface area contributed by atoms with E-state index in [4.69, 9.17) is 5.73 Å². The van der Waals surface area contributed by atoms with Gasteiger partial charge in [-0.25, -0.2) is 0 Å². The predicted octanol–water partition coefficient (Wildman–Crippen LogP) is 3.92. The first-order valence-corrected chi connectivity index (χ1v) is 7.43. The van der Waals surface area contributed by atoms with Gasteiger partial charge in [0.05, 0.1) is 0 Å². The van der Waals surface area contributed by atoms with Crippen molar-refractivity contribution in [1.82, 2.24) is 4.57 Å². The van der Waals surface area contributed by atoms with Crippen LogP contribution in [-0.4, -0.2) is 11.1 Å². The summed E-state index contributed by atoms with van der Waals surface area (Å²) < 4.78 is 2.55. The van der Waals surface area contributed by atoms with Crippen LogP contribution in [0, 0.1) is 19.8 Å². The van der Waals surface area contributed by atoms with Gasteiger partial charge in [-0.1, -0.05) is 13.8 Å². The number of hydrogen-bond acceptors (Lipinski definition) is 1. The molecule has 1 atom stereocenters. The van der Waals surface area contributed by atoms with Crippen molar-refractivity contribution in [2.75, 3.05) is 6.54 Å². The Morgan fingerprint density at radius 1 is 1.33 bits per heavy atom. The second kappa shape index (κ2) is 5.48. The summed E-state index contributed by atoms with van der Waals surface area (Å²) in [6, 6.07) is 3.20. The molecule has 2 heteroatoms. The molecule has 0 bridgehead atoms. The van der Waals surface area contributed by atoms with Crippen molar-refractivity contribution in [2.45, 2.75) is 65.3 Å². The van der Waals surface area contributed by atoms with Crippen LogP contribution >= 0.6 is 0 Å². The highest BCUT2D eigenvalue weighted by atomic mass is 15.1. The SMILES string of the molecule is Cc1cc(C(CCN)CC(C)C)c(C)n1C1CC1. The lowest BCUT2D eigenvalue weighted by Gasteiger charge is -2.19. The van der Waals surface area contributed by atoms with Gasteiger partial charge in [0.2, 0.25) is 0 Å². The van der Waals surface area contributed by atoms with Gasteiger partial charge in [-0.15, -0.1) is 0 Å². The van der Waals surface area contributed by atoms with Crippen molar-refractivity contribution in [3.63, 3.8) is 0 Å². The zero-order valence-corrected chi connectivity index (χ0v) is 12.4. The Morgan fingerprint density at radius 2 is 2.00 bits per heavy atom. The van der Waals surface area contributed by atoms with Crippen molar-refractivity contribution in [3.8, 4) is 0 Å². The van der Waals surface area contributed by atoms with Gasteiger partial charge in [0, 0.05) is 17.4 Å². The highest BCUT2D eigenvalue weighted by Gasteiger charge is 2.28. The second-order valence-corrected chi connectivity index (χ2v) is 6.33. The summed E-state index contributed by atoms with van der Waals surface area (Å²) in [7, 11) is 0. The van der Waals surface area contributed by atoms with E-state index in [1.165, 1.54) is 30.7 Å². The monoisotopic (exact) mass is 248 g/mol. The van der Waals surface area contributed by atoms with Crippen molar-refractivity contribution >= 4 is 0 Å². The average Bonchev–Trinajstić information content (AvgIpc) is 3.05. The van der Waals surface area contributed by atoms with Crippen molar-refractivity contribution in [3.05, 3.63) is 23.0 Å². The zero-order valence-electron chi connectivity index (χ0n) is 12.4. The Labute approximate surface area is 112 Å². The fourth-order valence-corrected chi connectivity index (χ4v) is 3.28. The molecule has 1 fully saturated rings. The van der Waals surface area contributed by atoms with Gasteiger partial charge in [-0.3, -0.25) is 0 Å². The lowest BCUT2D eigenvalue weighted by Crippen LogP contribution is -2.11. The van der Waals surface area contributed by atoms with E-state index in [1.54, 1.807) is 5.56 Å². The van der Waals surface area contributed by atoms with Crippen LogP contribution in [0.4, 0.5) is 0 Å². The maximum atomic E-state index is 5.80. The summed E-state index contributed by atoms with van der Waals surface area (Å²) in [5, 5.41) is 0. The first-order valence-electron chi connectivity index (χ1n) is 7.43. The molecule has 0 amide bonds. The number of nitrogens with two attached hydrogens (primary N) is 1. The Morgan fingerprint density at radius 3 is 2.50 bits per heavy atom. The van der Waals surface area contributed by atoms with Crippen LogP contribution in [0.3, 0.4) is 0 Å². The van der Waals surface area contributed by atoms with E-state index in [-0.39, 0.29) is 0 Å². The minimum atomic E-state index is 0.647. The zero-order chi connectivity index (χ0) is 13.3. The Balaban J connectivity index is 2.26. The molecule has 2 N–H and O–H groups in total. The fraction of sp³-hybridized carbons (Fsp3) is 0.750. The second-order valence-electron chi connectivity index (χ2n) is 6.33. The third kappa shape index (κ3) is 2.80. The molecule has 0 aliphatic heterocycles. The first-order chi connectivity index (χ1) is 8.54. The van der Waals surface area contributed by atoms with E-state index in [2.05, 4.69) is 38.3 Å². The van der Waals surface area contributed by atoms with Gasteiger partial charge in [0.25, 0.3) is 0 Å². The molecule has 1 unspecified atom stereocenters. The summed E-state index contributed by atoms with van der Waals surface area (Å²) in [5.74, 6) is 1.39. The Bertz CT molecular complexity index is 399. The van der Waals surface area contributed by atoms with Crippen LogP contribution in [0.1, 0.15) is 68.4 Å². The predicted molar refractivity (Wildman–Crippen MR) is 78.0 cm³/mol. The van der Waals surface area contributed by atoms with E-state index in [0.717, 1.165) is 24.9 Å². The maximum Gasteiger partial charge on any atom is 0.0337 e. The minimum Gasteiger partial charge on any atom is -0.346 e. The van der Waals surface area contributed by atoms with Crippen LogP contribution in [0.25, 0.3) is 0 Å². The third-order valence-electron chi connectivity index (χ3n) is 4.15. The molecule has 1 aliphatic carbocycles. The Hall–Kier alpha value is -0.760. The molecule has 2 nitrogen and oxygen atoms in total. The molecule has 0 spiro atoms. The number of nitrogens with zero attached hydrogens (tertiary/aromatic N) is 1. The molecule has 1 aliphatic rings. The smallest absolute Gasteiger partial charge is 0.0337 e. The van der Waals surface area contributed by atoms with Gasteiger partial charge in [-0.2, -0.15) is 0 Å². The van der Waals surface area contributed by atoms with E-state index in [1.807, 2.05) is 0 Å². The number of aryl methyl sites for hydroxylation is 1. The molecule has 102 valence electrons. The van der Waals surface area contributed by atoms with Crippen LogP contribution in [0.2, 0.25) is 0 Å². The number of hydrogen-bond donors (Lipinski definition) is 1. The summed E-state index contributed by atoms with van der Waals surface area (Å²) in [5.41, 5.74) is 10.3. The lowest BCUT2D eigenvalue weighted by atomic mass is 9.88. The van der Waals surface area contributed by atoms with Gasteiger partial charge < -0.3 is 10.3 Å². The Kier molecular flexibility index (Phi) is 4.16. The van der Waals surface area contributed by atoms with E-state index in [0.29, 0.717) is 5.92 Å². The molecule has 1 heterocycles. The minimum absolute atomic E-state index is 0.647. The van der Waals surface area contributed by atoms with Crippen molar-refractivity contribution < 1.29 is 0 Å². The molecule has 2 rings (SSSR count). The molecular weight excluding hydrogens is 220 g/mol. The molecular formula is C16H28N2. The summed E-state index contributed by atoms with van der Waals surface area (Å²) in [4.78, 5) is 0. The quantitative estimate of drug-likeness (QED) is 0.812. The number of aromatic nitrogens is 1. The van der Waals surface area contributed by atoms with Crippen LogP contribution in [0.5, 0.6) is 0 Å². The van der Waals surface area contributed by atoms with Crippen LogP contribution in [0.15, 0.2) is 6.07 Å². The first kappa shape index (κ1) is 13.7. The lowest BCUT2D eigenvalue weighted by molar-refractivity contribution is 0.478. The largest absolute Gasteiger partial charge is 0.346 e. The summed E-state index contributed by atoms with van der Waals surface area (Å²) in [6.45, 7) is 9.96. The molecule has 0 radical (unpaired) electrons. The molecule has 1 aromatic rings. The highest BCUT2D eigenvalue weighted by Crippen LogP contribution is 2.40. The molecule has 18 heavy (non-hydrogen) atoms. The van der Waals surface area contributed by atoms with Gasteiger partial charge in [0.1, 0.15) is 0 Å².